The normalized spacial score (nSPS) is 11.9. The SMILES string of the molecule is CCN(CC)C(=O)CN(C)C(C)(C)CO. The van der Waals surface area contributed by atoms with Gasteiger partial charge < -0.3 is 10.0 Å². The van der Waals surface area contributed by atoms with E-state index < -0.39 is 0 Å². The molecule has 0 aliphatic rings. The van der Waals surface area contributed by atoms with E-state index in [0.29, 0.717) is 6.54 Å². The van der Waals surface area contributed by atoms with E-state index in [1.807, 2.05) is 39.6 Å². The molecule has 0 aliphatic carbocycles. The third kappa shape index (κ3) is 4.18. The van der Waals surface area contributed by atoms with Crippen LogP contribution < -0.4 is 0 Å². The second-order valence-electron chi connectivity index (χ2n) is 4.39. The van der Waals surface area contributed by atoms with Crippen molar-refractivity contribution in [2.24, 2.45) is 0 Å². The lowest BCUT2D eigenvalue weighted by Gasteiger charge is -2.34. The molecule has 0 unspecified atom stereocenters. The van der Waals surface area contributed by atoms with Crippen molar-refractivity contribution in [3.63, 3.8) is 0 Å². The molecule has 90 valence electrons. The Bertz CT molecular complexity index is 201. The maximum Gasteiger partial charge on any atom is 0.236 e. The Morgan fingerprint density at radius 1 is 1.27 bits per heavy atom. The van der Waals surface area contributed by atoms with Crippen LogP contribution in [0.4, 0.5) is 0 Å². The summed E-state index contributed by atoms with van der Waals surface area (Å²) >= 11 is 0. The summed E-state index contributed by atoms with van der Waals surface area (Å²) in [5.41, 5.74) is -0.344. The number of carbonyl (C=O) groups is 1. The van der Waals surface area contributed by atoms with Gasteiger partial charge in [0.25, 0.3) is 0 Å². The van der Waals surface area contributed by atoms with Gasteiger partial charge in [-0.15, -0.1) is 0 Å². The Kier molecular flexibility index (Phi) is 5.83. The summed E-state index contributed by atoms with van der Waals surface area (Å²) in [4.78, 5) is 15.5. The number of hydrogen-bond acceptors (Lipinski definition) is 3. The monoisotopic (exact) mass is 216 g/mol. The number of aliphatic hydroxyl groups excluding tert-OH is 1. The number of amides is 1. The number of likely N-dealkylation sites (N-methyl/N-ethyl adjacent to an activating group) is 2. The highest BCUT2D eigenvalue weighted by molar-refractivity contribution is 5.78. The third-order valence-electron chi connectivity index (χ3n) is 2.91. The zero-order valence-electron chi connectivity index (χ0n) is 10.6. The zero-order chi connectivity index (χ0) is 12.1. The van der Waals surface area contributed by atoms with Crippen LogP contribution in [0.5, 0.6) is 0 Å². The molecule has 0 spiro atoms. The van der Waals surface area contributed by atoms with Gasteiger partial charge in [-0.1, -0.05) is 0 Å². The molecule has 0 saturated carbocycles. The maximum absolute atomic E-state index is 11.8. The van der Waals surface area contributed by atoms with E-state index in [1.165, 1.54) is 0 Å². The molecule has 1 N–H and O–H groups in total. The van der Waals surface area contributed by atoms with Gasteiger partial charge >= 0.3 is 0 Å². The molecule has 0 aliphatic heterocycles. The molecule has 0 rings (SSSR count). The van der Waals surface area contributed by atoms with E-state index in [9.17, 15) is 4.79 Å². The molecule has 0 bridgehead atoms. The highest BCUT2D eigenvalue weighted by atomic mass is 16.3. The molecule has 0 radical (unpaired) electrons. The minimum Gasteiger partial charge on any atom is -0.394 e. The number of rotatable bonds is 6. The lowest BCUT2D eigenvalue weighted by Crippen LogP contribution is -2.49. The maximum atomic E-state index is 11.8. The third-order valence-corrected chi connectivity index (χ3v) is 2.91. The van der Waals surface area contributed by atoms with Crippen molar-refractivity contribution in [3.05, 3.63) is 0 Å². The van der Waals surface area contributed by atoms with E-state index in [0.717, 1.165) is 13.1 Å². The average molecular weight is 216 g/mol. The molecule has 0 heterocycles. The van der Waals surface area contributed by atoms with Crippen molar-refractivity contribution < 1.29 is 9.90 Å². The summed E-state index contributed by atoms with van der Waals surface area (Å²) in [5, 5.41) is 9.16. The molecule has 0 saturated heterocycles. The van der Waals surface area contributed by atoms with Crippen LogP contribution in [-0.2, 0) is 4.79 Å². The first-order valence-electron chi connectivity index (χ1n) is 5.48. The molecule has 0 fully saturated rings. The van der Waals surface area contributed by atoms with Crippen LogP contribution in [0.1, 0.15) is 27.7 Å². The lowest BCUT2D eigenvalue weighted by atomic mass is 10.1. The van der Waals surface area contributed by atoms with Gasteiger partial charge in [0.05, 0.1) is 13.2 Å². The molecule has 0 aromatic rings. The second-order valence-corrected chi connectivity index (χ2v) is 4.39. The summed E-state index contributed by atoms with van der Waals surface area (Å²) in [6, 6.07) is 0. The smallest absolute Gasteiger partial charge is 0.236 e. The predicted octanol–water partition coefficient (Wildman–Crippen LogP) is 0.557. The average Bonchev–Trinajstić information content (AvgIpc) is 2.19. The number of nitrogens with zero attached hydrogens (tertiary/aromatic N) is 2. The van der Waals surface area contributed by atoms with Crippen molar-refractivity contribution in [2.45, 2.75) is 33.2 Å². The van der Waals surface area contributed by atoms with Crippen LogP contribution >= 0.6 is 0 Å². The van der Waals surface area contributed by atoms with Crippen LogP contribution in [0, 0.1) is 0 Å². The summed E-state index contributed by atoms with van der Waals surface area (Å²) in [7, 11) is 1.86. The molecule has 0 atom stereocenters. The highest BCUT2D eigenvalue weighted by Gasteiger charge is 2.25. The van der Waals surface area contributed by atoms with E-state index in [2.05, 4.69) is 0 Å². The van der Waals surface area contributed by atoms with E-state index in [1.54, 1.807) is 4.90 Å². The van der Waals surface area contributed by atoms with Crippen molar-refractivity contribution >= 4 is 5.91 Å². The fraction of sp³-hybridized carbons (Fsp3) is 0.909. The van der Waals surface area contributed by atoms with Gasteiger partial charge in [-0.05, 0) is 34.7 Å². The molecular weight excluding hydrogens is 192 g/mol. The molecule has 0 aromatic heterocycles. The summed E-state index contributed by atoms with van der Waals surface area (Å²) in [6.45, 7) is 9.66. The topological polar surface area (TPSA) is 43.8 Å². The number of hydrogen-bond donors (Lipinski definition) is 1. The molecule has 15 heavy (non-hydrogen) atoms. The summed E-state index contributed by atoms with van der Waals surface area (Å²) in [5.74, 6) is 0.115. The van der Waals surface area contributed by atoms with Crippen molar-refractivity contribution in [1.82, 2.24) is 9.80 Å². The molecular formula is C11H24N2O2. The van der Waals surface area contributed by atoms with Gasteiger partial charge in [0, 0.05) is 18.6 Å². The standard InChI is InChI=1S/C11H24N2O2/c1-6-13(7-2)10(15)8-12(5)11(3,4)9-14/h14H,6-9H2,1-5H3. The van der Waals surface area contributed by atoms with Crippen LogP contribution in [0.25, 0.3) is 0 Å². The van der Waals surface area contributed by atoms with Crippen LogP contribution in [0.3, 0.4) is 0 Å². The summed E-state index contributed by atoms with van der Waals surface area (Å²) < 4.78 is 0. The number of carbonyl (C=O) groups excluding carboxylic acids is 1. The Morgan fingerprint density at radius 2 is 1.73 bits per heavy atom. The minimum absolute atomic E-state index is 0.0506. The Hall–Kier alpha value is -0.610. The van der Waals surface area contributed by atoms with Crippen LogP contribution in [0.15, 0.2) is 0 Å². The van der Waals surface area contributed by atoms with Crippen molar-refractivity contribution in [2.75, 3.05) is 33.3 Å². The first kappa shape index (κ1) is 14.4. The van der Waals surface area contributed by atoms with Gasteiger partial charge in [-0.25, -0.2) is 0 Å². The van der Waals surface area contributed by atoms with Crippen molar-refractivity contribution in [1.29, 1.82) is 0 Å². The summed E-state index contributed by atoms with van der Waals surface area (Å²) in [6.07, 6.45) is 0. The quantitative estimate of drug-likeness (QED) is 0.705. The van der Waals surface area contributed by atoms with Crippen LogP contribution in [0.2, 0.25) is 0 Å². The molecule has 4 heteroatoms. The minimum atomic E-state index is -0.344. The molecule has 4 nitrogen and oxygen atoms in total. The van der Waals surface area contributed by atoms with Crippen LogP contribution in [-0.4, -0.2) is 59.6 Å². The molecule has 1 amide bonds. The predicted molar refractivity (Wildman–Crippen MR) is 61.7 cm³/mol. The van der Waals surface area contributed by atoms with E-state index >= 15 is 0 Å². The van der Waals surface area contributed by atoms with E-state index in [-0.39, 0.29) is 18.1 Å². The van der Waals surface area contributed by atoms with Gasteiger partial charge in [0.1, 0.15) is 0 Å². The molecule has 0 aromatic carbocycles. The Morgan fingerprint density at radius 3 is 2.07 bits per heavy atom. The zero-order valence-corrected chi connectivity index (χ0v) is 10.6. The van der Waals surface area contributed by atoms with Gasteiger partial charge in [0.2, 0.25) is 5.91 Å². The fourth-order valence-electron chi connectivity index (χ4n) is 1.21. The van der Waals surface area contributed by atoms with Crippen molar-refractivity contribution in [3.8, 4) is 0 Å². The second kappa shape index (κ2) is 6.08. The number of aliphatic hydroxyl groups is 1. The highest BCUT2D eigenvalue weighted by Crippen LogP contribution is 2.10. The van der Waals surface area contributed by atoms with E-state index in [4.69, 9.17) is 5.11 Å². The largest absolute Gasteiger partial charge is 0.394 e. The Balaban J connectivity index is 4.29. The first-order valence-corrected chi connectivity index (χ1v) is 5.48. The van der Waals surface area contributed by atoms with Gasteiger partial charge in [-0.3, -0.25) is 9.69 Å². The lowest BCUT2D eigenvalue weighted by molar-refractivity contribution is -0.133. The van der Waals surface area contributed by atoms with Gasteiger partial charge in [0.15, 0.2) is 0 Å². The first-order chi connectivity index (χ1) is 6.88. The van der Waals surface area contributed by atoms with Gasteiger partial charge in [-0.2, -0.15) is 0 Å². The fourth-order valence-corrected chi connectivity index (χ4v) is 1.21. The Labute approximate surface area is 92.9 Å².